The fraction of sp³-hybridized carbons (Fsp3) is 0.379. The van der Waals surface area contributed by atoms with Crippen molar-refractivity contribution >= 4 is 22.7 Å². The molecule has 6 rings (SSSR count). The minimum Gasteiger partial charge on any atom is -0.461 e. The highest BCUT2D eigenvalue weighted by molar-refractivity contribution is 6.13. The SMILES string of the molecule is CC(=O)O[C@H]1[C@H](O)[C@@H](O)C(Oc2c3c(c(-c4ccc5c(c4)OCO5)c4cc(CO)c(CO)cc24)C(=O)OC3)O[C@@H]1C. The lowest BCUT2D eigenvalue weighted by Crippen LogP contribution is -2.59. The van der Waals surface area contributed by atoms with Gasteiger partial charge in [0, 0.05) is 23.4 Å². The summed E-state index contributed by atoms with van der Waals surface area (Å²) in [4.78, 5) is 24.7. The van der Waals surface area contributed by atoms with Crippen LogP contribution in [0.4, 0.5) is 0 Å². The van der Waals surface area contributed by atoms with Crippen LogP contribution in [0, 0.1) is 0 Å². The van der Waals surface area contributed by atoms with Crippen LogP contribution in [0.2, 0.25) is 0 Å². The Morgan fingerprint density at radius 3 is 2.37 bits per heavy atom. The molecule has 1 unspecified atom stereocenters. The van der Waals surface area contributed by atoms with Crippen LogP contribution in [0.25, 0.3) is 21.9 Å². The molecule has 5 atom stereocenters. The third-order valence-corrected chi connectivity index (χ3v) is 7.55. The number of carbonyl (C=O) groups is 2. The monoisotopic (exact) mass is 568 g/mol. The Morgan fingerprint density at radius 2 is 1.66 bits per heavy atom. The molecule has 0 radical (unpaired) electrons. The Bertz CT molecular complexity index is 1550. The average Bonchev–Trinajstić information content (AvgIpc) is 3.59. The topological polar surface area (TPSA) is 170 Å². The molecule has 1 fully saturated rings. The summed E-state index contributed by atoms with van der Waals surface area (Å²) in [6, 6.07) is 8.53. The van der Waals surface area contributed by atoms with Crippen LogP contribution in [-0.4, -0.2) is 69.9 Å². The molecule has 3 aromatic carbocycles. The number of cyclic esters (lactones) is 1. The number of ether oxygens (including phenoxy) is 6. The molecule has 3 heterocycles. The maximum atomic E-state index is 13.2. The average molecular weight is 569 g/mol. The zero-order valence-electron chi connectivity index (χ0n) is 22.2. The van der Waals surface area contributed by atoms with Crippen LogP contribution in [0.3, 0.4) is 0 Å². The van der Waals surface area contributed by atoms with Crippen LogP contribution >= 0.6 is 0 Å². The zero-order valence-corrected chi connectivity index (χ0v) is 22.2. The summed E-state index contributed by atoms with van der Waals surface area (Å²) >= 11 is 0. The maximum absolute atomic E-state index is 13.2. The highest BCUT2D eigenvalue weighted by Crippen LogP contribution is 2.48. The van der Waals surface area contributed by atoms with Crippen LogP contribution in [0.5, 0.6) is 17.2 Å². The lowest BCUT2D eigenvalue weighted by molar-refractivity contribution is -0.272. The molecule has 41 heavy (non-hydrogen) atoms. The van der Waals surface area contributed by atoms with E-state index in [9.17, 15) is 30.0 Å². The van der Waals surface area contributed by atoms with Crippen molar-refractivity contribution in [3.05, 3.63) is 52.6 Å². The molecule has 0 amide bonds. The van der Waals surface area contributed by atoms with Crippen molar-refractivity contribution < 1.29 is 58.4 Å². The van der Waals surface area contributed by atoms with Crippen molar-refractivity contribution in [2.75, 3.05) is 6.79 Å². The number of fused-ring (bicyclic) bond motifs is 3. The molecule has 0 aliphatic carbocycles. The van der Waals surface area contributed by atoms with Gasteiger partial charge < -0.3 is 48.8 Å². The van der Waals surface area contributed by atoms with Gasteiger partial charge in [0.15, 0.2) is 17.6 Å². The molecule has 12 heteroatoms. The number of benzene rings is 3. The highest BCUT2D eigenvalue weighted by atomic mass is 16.7. The fourth-order valence-electron chi connectivity index (χ4n) is 5.57. The Morgan fingerprint density at radius 1 is 0.951 bits per heavy atom. The molecule has 3 aliphatic rings. The summed E-state index contributed by atoms with van der Waals surface area (Å²) < 4.78 is 33.6. The van der Waals surface area contributed by atoms with E-state index < -0.39 is 42.6 Å². The summed E-state index contributed by atoms with van der Waals surface area (Å²) in [5.74, 6) is -0.0667. The number of aliphatic hydroxyl groups is 4. The first-order valence-corrected chi connectivity index (χ1v) is 13.0. The molecule has 0 saturated carbocycles. The van der Waals surface area contributed by atoms with Crippen molar-refractivity contribution in [3.8, 4) is 28.4 Å². The molecule has 216 valence electrons. The molecular weight excluding hydrogens is 540 g/mol. The summed E-state index contributed by atoms with van der Waals surface area (Å²) in [7, 11) is 0. The number of esters is 2. The molecule has 4 N–H and O–H groups in total. The number of aliphatic hydroxyl groups excluding tert-OH is 4. The molecule has 3 aliphatic heterocycles. The first-order valence-electron chi connectivity index (χ1n) is 13.0. The lowest BCUT2D eigenvalue weighted by atomic mass is 9.87. The van der Waals surface area contributed by atoms with Gasteiger partial charge in [0.1, 0.15) is 24.6 Å². The zero-order chi connectivity index (χ0) is 29.0. The van der Waals surface area contributed by atoms with E-state index in [1.807, 2.05) is 0 Å². The largest absolute Gasteiger partial charge is 0.461 e. The van der Waals surface area contributed by atoms with E-state index in [4.69, 9.17) is 28.4 Å². The van der Waals surface area contributed by atoms with Crippen LogP contribution in [0.1, 0.15) is 40.9 Å². The first-order chi connectivity index (χ1) is 19.7. The number of hydrogen-bond acceptors (Lipinski definition) is 12. The summed E-state index contributed by atoms with van der Waals surface area (Å²) in [5, 5.41) is 42.7. The van der Waals surface area contributed by atoms with E-state index in [-0.39, 0.29) is 37.9 Å². The number of carbonyl (C=O) groups excluding carboxylic acids is 2. The second-order valence-corrected chi connectivity index (χ2v) is 10.1. The quantitative estimate of drug-likeness (QED) is 0.318. The van der Waals surface area contributed by atoms with Gasteiger partial charge in [0.05, 0.1) is 24.9 Å². The molecule has 0 bridgehead atoms. The summed E-state index contributed by atoms with van der Waals surface area (Å²) in [6.45, 7) is 1.89. The Hall–Kier alpha value is -3.94. The summed E-state index contributed by atoms with van der Waals surface area (Å²) in [6.07, 6.45) is -6.53. The van der Waals surface area contributed by atoms with Gasteiger partial charge in [-0.25, -0.2) is 4.79 Å². The van der Waals surface area contributed by atoms with Crippen molar-refractivity contribution in [1.29, 1.82) is 0 Å². The third kappa shape index (κ3) is 4.53. The van der Waals surface area contributed by atoms with Gasteiger partial charge in [-0.05, 0) is 53.3 Å². The van der Waals surface area contributed by atoms with E-state index in [0.717, 1.165) is 0 Å². The molecule has 12 nitrogen and oxygen atoms in total. The molecular formula is C29H28O12. The lowest BCUT2D eigenvalue weighted by Gasteiger charge is -2.40. The van der Waals surface area contributed by atoms with Gasteiger partial charge in [0.25, 0.3) is 0 Å². The van der Waals surface area contributed by atoms with Crippen LogP contribution in [-0.2, 0) is 38.8 Å². The van der Waals surface area contributed by atoms with Gasteiger partial charge in [0.2, 0.25) is 13.1 Å². The van der Waals surface area contributed by atoms with Crippen LogP contribution < -0.4 is 14.2 Å². The van der Waals surface area contributed by atoms with Gasteiger partial charge >= 0.3 is 11.9 Å². The molecule has 3 aromatic rings. The molecule has 1 saturated heterocycles. The van der Waals surface area contributed by atoms with Crippen molar-refractivity contribution in [1.82, 2.24) is 0 Å². The normalized spacial score (nSPS) is 24.7. The third-order valence-electron chi connectivity index (χ3n) is 7.55. The van der Waals surface area contributed by atoms with E-state index in [0.29, 0.717) is 50.1 Å². The minimum absolute atomic E-state index is 0.0628. The van der Waals surface area contributed by atoms with Gasteiger partial charge in [-0.3, -0.25) is 4.79 Å². The van der Waals surface area contributed by atoms with E-state index >= 15 is 0 Å². The van der Waals surface area contributed by atoms with Crippen molar-refractivity contribution in [2.45, 2.75) is 64.4 Å². The predicted octanol–water partition coefficient (Wildman–Crippen LogP) is 1.67. The number of rotatable bonds is 6. The van der Waals surface area contributed by atoms with E-state index in [1.54, 1.807) is 37.3 Å². The maximum Gasteiger partial charge on any atom is 0.339 e. The minimum atomic E-state index is -1.62. The standard InChI is InChI=1S/C29H28O12/c1-12-26(40-13(2)32)24(33)25(34)29(39-12)41-27-18-6-16(9-31)15(8-30)5-17(18)22(23-19(27)10-36-28(23)35)14-3-4-20-21(7-14)38-11-37-20/h3-7,12,24-26,29-31,33-34H,8-11H2,1-2H3/t12-,24-,25-,26-,29?/m1/s1. The Labute approximate surface area is 233 Å². The fourth-order valence-corrected chi connectivity index (χ4v) is 5.57. The Kier molecular flexibility index (Phi) is 6.96. The van der Waals surface area contributed by atoms with Crippen molar-refractivity contribution in [3.63, 3.8) is 0 Å². The van der Waals surface area contributed by atoms with E-state index in [2.05, 4.69) is 0 Å². The first kappa shape index (κ1) is 27.2. The summed E-state index contributed by atoms with van der Waals surface area (Å²) in [5.41, 5.74) is 2.54. The molecule has 0 spiro atoms. The smallest absolute Gasteiger partial charge is 0.339 e. The second kappa shape index (κ2) is 10.5. The van der Waals surface area contributed by atoms with E-state index in [1.165, 1.54) is 6.92 Å². The highest BCUT2D eigenvalue weighted by Gasteiger charge is 2.46. The van der Waals surface area contributed by atoms with Gasteiger partial charge in [-0.2, -0.15) is 0 Å². The predicted molar refractivity (Wildman–Crippen MR) is 139 cm³/mol. The molecule has 0 aromatic heterocycles. The van der Waals surface area contributed by atoms with Crippen molar-refractivity contribution in [2.24, 2.45) is 0 Å². The number of hydrogen-bond donors (Lipinski definition) is 4. The second-order valence-electron chi connectivity index (χ2n) is 10.1. The van der Waals surface area contributed by atoms with Gasteiger partial charge in [-0.1, -0.05) is 6.07 Å². The Balaban J connectivity index is 1.54. The van der Waals surface area contributed by atoms with Gasteiger partial charge in [-0.15, -0.1) is 0 Å². The van der Waals surface area contributed by atoms with Crippen LogP contribution in [0.15, 0.2) is 30.3 Å².